The van der Waals surface area contributed by atoms with Gasteiger partial charge < -0.3 is 10.1 Å². The van der Waals surface area contributed by atoms with Crippen molar-refractivity contribution >= 4 is 46.4 Å². The van der Waals surface area contributed by atoms with Gasteiger partial charge in [0.2, 0.25) is 0 Å². The minimum atomic E-state index is -0.635. The van der Waals surface area contributed by atoms with Crippen molar-refractivity contribution < 1.29 is 14.3 Å². The van der Waals surface area contributed by atoms with Gasteiger partial charge in [0.25, 0.3) is 5.91 Å². The van der Waals surface area contributed by atoms with Gasteiger partial charge in [0, 0.05) is 6.04 Å². The molecule has 0 aliphatic heterocycles. The minimum absolute atomic E-state index is 0.186. The zero-order valence-corrected chi connectivity index (χ0v) is 15.0. The smallest absolute Gasteiger partial charge is 0.346 e. The standard InChI is InChI=1S/C17H15Cl2NO3S/c18-14-9-12(15(19)24-14)17(22)23-13-8-4-3-7-11(13)16(21)20-10-5-1-2-6-10/h3-4,7-10H,1-2,5-6H2,(H,20,21). The fourth-order valence-electron chi connectivity index (χ4n) is 2.71. The molecule has 0 unspecified atom stereocenters. The summed E-state index contributed by atoms with van der Waals surface area (Å²) in [5.41, 5.74) is 0.521. The van der Waals surface area contributed by atoms with E-state index in [2.05, 4.69) is 5.32 Å². The van der Waals surface area contributed by atoms with Gasteiger partial charge in [-0.05, 0) is 31.0 Å². The minimum Gasteiger partial charge on any atom is -0.422 e. The molecule has 0 radical (unpaired) electrons. The number of hydrogen-bond donors (Lipinski definition) is 1. The van der Waals surface area contributed by atoms with E-state index in [4.69, 9.17) is 27.9 Å². The summed E-state index contributed by atoms with van der Waals surface area (Å²) in [5.74, 6) is -0.666. The van der Waals surface area contributed by atoms with Crippen LogP contribution >= 0.6 is 34.5 Å². The molecule has 0 saturated heterocycles. The van der Waals surface area contributed by atoms with Crippen LogP contribution in [-0.4, -0.2) is 17.9 Å². The summed E-state index contributed by atoms with van der Waals surface area (Å²) in [4.78, 5) is 24.7. The summed E-state index contributed by atoms with van der Waals surface area (Å²) in [7, 11) is 0. The van der Waals surface area contributed by atoms with Crippen molar-refractivity contribution in [3.05, 3.63) is 50.1 Å². The van der Waals surface area contributed by atoms with Crippen molar-refractivity contribution in [2.45, 2.75) is 31.7 Å². The second-order valence-electron chi connectivity index (χ2n) is 5.58. The summed E-state index contributed by atoms with van der Waals surface area (Å²) in [5, 5.41) is 2.99. The van der Waals surface area contributed by atoms with E-state index in [1.165, 1.54) is 6.07 Å². The molecular formula is C17H15Cl2NO3S. The zero-order chi connectivity index (χ0) is 17.1. The van der Waals surface area contributed by atoms with E-state index in [0.717, 1.165) is 37.0 Å². The van der Waals surface area contributed by atoms with Crippen molar-refractivity contribution in [2.75, 3.05) is 0 Å². The molecule has 0 atom stereocenters. The molecule has 1 saturated carbocycles. The van der Waals surface area contributed by atoms with Crippen molar-refractivity contribution in [2.24, 2.45) is 0 Å². The highest BCUT2D eigenvalue weighted by molar-refractivity contribution is 7.20. The zero-order valence-electron chi connectivity index (χ0n) is 12.7. The van der Waals surface area contributed by atoms with Crippen molar-refractivity contribution in [3.8, 4) is 5.75 Å². The van der Waals surface area contributed by atoms with Crippen LogP contribution in [0.5, 0.6) is 5.75 Å². The lowest BCUT2D eigenvalue weighted by Gasteiger charge is -2.14. The van der Waals surface area contributed by atoms with Crippen LogP contribution in [0.3, 0.4) is 0 Å². The highest BCUT2D eigenvalue weighted by atomic mass is 35.5. The Labute approximate surface area is 153 Å². The van der Waals surface area contributed by atoms with E-state index in [1.807, 2.05) is 0 Å². The van der Waals surface area contributed by atoms with Crippen LogP contribution < -0.4 is 10.1 Å². The number of carbonyl (C=O) groups excluding carboxylic acids is 2. The average molecular weight is 384 g/mol. The van der Waals surface area contributed by atoms with Crippen LogP contribution in [0.25, 0.3) is 0 Å². The molecule has 1 fully saturated rings. The molecule has 126 valence electrons. The average Bonchev–Trinajstić information content (AvgIpc) is 3.17. The lowest BCUT2D eigenvalue weighted by atomic mass is 10.1. The normalized spacial score (nSPS) is 14.6. The van der Waals surface area contributed by atoms with Crippen LogP contribution in [0.15, 0.2) is 30.3 Å². The Morgan fingerprint density at radius 2 is 1.83 bits per heavy atom. The molecule has 1 aliphatic carbocycles. The predicted octanol–water partition coefficient (Wildman–Crippen LogP) is 4.95. The first-order valence-corrected chi connectivity index (χ1v) is 9.19. The summed E-state index contributed by atoms with van der Waals surface area (Å²) in [6.45, 7) is 0. The number of ether oxygens (including phenoxy) is 1. The first-order valence-electron chi connectivity index (χ1n) is 7.61. The maximum Gasteiger partial charge on any atom is 0.346 e. The molecule has 1 aromatic carbocycles. The maximum absolute atomic E-state index is 12.5. The van der Waals surface area contributed by atoms with Crippen LogP contribution in [0.2, 0.25) is 8.67 Å². The van der Waals surface area contributed by atoms with Gasteiger partial charge in [0.1, 0.15) is 10.1 Å². The number of hydrogen-bond acceptors (Lipinski definition) is 4. The fourth-order valence-corrected chi connectivity index (χ4v) is 4.15. The van der Waals surface area contributed by atoms with Gasteiger partial charge >= 0.3 is 5.97 Å². The third-order valence-corrected chi connectivity index (χ3v) is 5.39. The van der Waals surface area contributed by atoms with Crippen LogP contribution in [0.4, 0.5) is 0 Å². The van der Waals surface area contributed by atoms with Gasteiger partial charge in [-0.2, -0.15) is 0 Å². The van der Waals surface area contributed by atoms with Crippen molar-refractivity contribution in [3.63, 3.8) is 0 Å². The van der Waals surface area contributed by atoms with Crippen LogP contribution in [0, 0.1) is 0 Å². The van der Waals surface area contributed by atoms with Crippen molar-refractivity contribution in [1.29, 1.82) is 0 Å². The number of carbonyl (C=O) groups is 2. The lowest BCUT2D eigenvalue weighted by Crippen LogP contribution is -2.33. The molecule has 1 aliphatic rings. The van der Waals surface area contributed by atoms with Gasteiger partial charge in [-0.3, -0.25) is 4.79 Å². The maximum atomic E-state index is 12.5. The van der Waals surface area contributed by atoms with E-state index in [0.29, 0.717) is 9.90 Å². The molecule has 3 rings (SSSR count). The first-order chi connectivity index (χ1) is 11.5. The lowest BCUT2D eigenvalue weighted by molar-refractivity contribution is 0.0732. The second kappa shape index (κ2) is 7.55. The number of esters is 1. The Bertz CT molecular complexity index is 769. The molecule has 4 nitrogen and oxygen atoms in total. The number of para-hydroxylation sites is 1. The number of thiophene rings is 1. The number of amides is 1. The number of benzene rings is 1. The van der Waals surface area contributed by atoms with E-state index in [1.54, 1.807) is 24.3 Å². The Kier molecular flexibility index (Phi) is 5.43. The van der Waals surface area contributed by atoms with Gasteiger partial charge in [0.15, 0.2) is 0 Å². The van der Waals surface area contributed by atoms with Gasteiger partial charge in [-0.15, -0.1) is 11.3 Å². The third kappa shape index (κ3) is 3.91. The summed E-state index contributed by atoms with van der Waals surface area (Å²) in [6.07, 6.45) is 4.21. The Balaban J connectivity index is 1.77. The molecule has 2 aromatic rings. The first kappa shape index (κ1) is 17.3. The van der Waals surface area contributed by atoms with Crippen LogP contribution in [-0.2, 0) is 0 Å². The van der Waals surface area contributed by atoms with Crippen LogP contribution in [0.1, 0.15) is 46.4 Å². The molecule has 24 heavy (non-hydrogen) atoms. The Hall–Kier alpha value is -1.56. The second-order valence-corrected chi connectivity index (χ2v) is 7.86. The fraction of sp³-hybridized carbons (Fsp3) is 0.294. The highest BCUT2D eigenvalue weighted by Gasteiger charge is 2.22. The van der Waals surface area contributed by atoms with E-state index in [9.17, 15) is 9.59 Å². The quantitative estimate of drug-likeness (QED) is 0.600. The highest BCUT2D eigenvalue weighted by Crippen LogP contribution is 2.32. The summed E-state index contributed by atoms with van der Waals surface area (Å²) < 4.78 is 6.04. The molecule has 7 heteroatoms. The molecule has 1 amide bonds. The molecular weight excluding hydrogens is 369 g/mol. The Morgan fingerprint density at radius 1 is 1.12 bits per heavy atom. The summed E-state index contributed by atoms with van der Waals surface area (Å²) >= 11 is 12.9. The predicted molar refractivity (Wildman–Crippen MR) is 95.5 cm³/mol. The Morgan fingerprint density at radius 3 is 2.50 bits per heavy atom. The third-order valence-electron chi connectivity index (χ3n) is 3.90. The molecule has 0 spiro atoms. The topological polar surface area (TPSA) is 55.4 Å². The van der Waals surface area contributed by atoms with E-state index < -0.39 is 5.97 Å². The summed E-state index contributed by atoms with van der Waals surface area (Å²) in [6, 6.07) is 8.30. The molecule has 0 bridgehead atoms. The number of halogens is 2. The molecule has 1 heterocycles. The monoisotopic (exact) mass is 383 g/mol. The van der Waals surface area contributed by atoms with Gasteiger partial charge in [0.05, 0.1) is 15.5 Å². The van der Waals surface area contributed by atoms with E-state index in [-0.39, 0.29) is 27.6 Å². The SMILES string of the molecule is O=C(NC1CCCC1)c1ccccc1OC(=O)c1cc(Cl)sc1Cl. The van der Waals surface area contributed by atoms with Crippen molar-refractivity contribution in [1.82, 2.24) is 5.32 Å². The largest absolute Gasteiger partial charge is 0.422 e. The molecule has 1 N–H and O–H groups in total. The van der Waals surface area contributed by atoms with Gasteiger partial charge in [-0.1, -0.05) is 48.2 Å². The van der Waals surface area contributed by atoms with E-state index >= 15 is 0 Å². The van der Waals surface area contributed by atoms with Gasteiger partial charge in [-0.25, -0.2) is 4.79 Å². The number of rotatable bonds is 4. The molecule has 1 aromatic heterocycles. The number of nitrogens with one attached hydrogen (secondary N) is 1.